The maximum absolute atomic E-state index is 6.23. The second-order valence-corrected chi connectivity index (χ2v) is 7.23. The molecule has 5 heteroatoms. The summed E-state index contributed by atoms with van der Waals surface area (Å²) in [6.07, 6.45) is 2.60. The minimum atomic E-state index is 0.108. The highest BCUT2D eigenvalue weighted by Crippen LogP contribution is 2.37. The molecule has 4 nitrogen and oxygen atoms in total. The molecule has 0 spiro atoms. The molecule has 0 radical (unpaired) electrons. The molecular weight excluding hydrogens is 356 g/mol. The fourth-order valence-electron chi connectivity index (χ4n) is 3.31. The second kappa shape index (κ2) is 7.41. The van der Waals surface area contributed by atoms with Crippen molar-refractivity contribution in [1.82, 2.24) is 4.98 Å². The Morgan fingerprint density at radius 2 is 1.81 bits per heavy atom. The van der Waals surface area contributed by atoms with Gasteiger partial charge in [-0.1, -0.05) is 35.9 Å². The van der Waals surface area contributed by atoms with Gasteiger partial charge in [0.2, 0.25) is 0 Å². The molecule has 0 amide bonds. The highest BCUT2D eigenvalue weighted by atomic mass is 35.5. The van der Waals surface area contributed by atoms with Crippen molar-refractivity contribution < 1.29 is 0 Å². The van der Waals surface area contributed by atoms with Crippen molar-refractivity contribution in [2.24, 2.45) is 5.10 Å². The Hall–Kier alpha value is -2.85. The molecule has 136 valence electrons. The number of rotatable bonds is 4. The van der Waals surface area contributed by atoms with E-state index in [1.54, 1.807) is 6.20 Å². The Balaban J connectivity index is 1.73. The predicted molar refractivity (Wildman–Crippen MR) is 113 cm³/mol. The van der Waals surface area contributed by atoms with Gasteiger partial charge in [-0.15, -0.1) is 0 Å². The van der Waals surface area contributed by atoms with Crippen LogP contribution in [0.5, 0.6) is 0 Å². The second-order valence-electron chi connectivity index (χ2n) is 6.79. The number of benzene rings is 2. The van der Waals surface area contributed by atoms with Crippen LogP contribution < -0.4 is 9.91 Å². The molecule has 0 aliphatic carbocycles. The molecule has 1 aromatic heterocycles. The third kappa shape index (κ3) is 3.67. The standard InChI is InChI=1S/C22H21ClN4/c1-26(2)18-11-9-16(10-12-18)22-15-21(20-8-3-4-13-24-20)25-27(22)19-7-5-6-17(23)14-19/h3-14,22H,15H2,1-2H3. The summed E-state index contributed by atoms with van der Waals surface area (Å²) >= 11 is 6.23. The molecular formula is C22H21ClN4. The number of nitrogens with zero attached hydrogens (tertiary/aromatic N) is 4. The molecule has 27 heavy (non-hydrogen) atoms. The van der Waals surface area contributed by atoms with Crippen LogP contribution in [0, 0.1) is 0 Å². The minimum absolute atomic E-state index is 0.108. The summed E-state index contributed by atoms with van der Waals surface area (Å²) < 4.78 is 0. The monoisotopic (exact) mass is 376 g/mol. The maximum Gasteiger partial charge on any atom is 0.0890 e. The van der Waals surface area contributed by atoms with Crippen LogP contribution in [0.3, 0.4) is 0 Å². The summed E-state index contributed by atoms with van der Waals surface area (Å²) in [5.41, 5.74) is 5.27. The quantitative estimate of drug-likeness (QED) is 0.630. The first-order chi connectivity index (χ1) is 13.1. The van der Waals surface area contributed by atoms with Crippen molar-refractivity contribution in [3.63, 3.8) is 0 Å². The summed E-state index contributed by atoms with van der Waals surface area (Å²) in [4.78, 5) is 6.58. The van der Waals surface area contributed by atoms with Crippen molar-refractivity contribution in [2.75, 3.05) is 24.0 Å². The predicted octanol–water partition coefficient (Wildman–Crippen LogP) is 5.16. The average molecular weight is 377 g/mol. The SMILES string of the molecule is CN(C)c1ccc(C2CC(c3ccccn3)=NN2c2cccc(Cl)c2)cc1. The van der Waals surface area contributed by atoms with Crippen LogP contribution in [-0.4, -0.2) is 24.8 Å². The number of hydrogen-bond donors (Lipinski definition) is 0. The fourth-order valence-corrected chi connectivity index (χ4v) is 3.49. The third-order valence-electron chi connectivity index (χ3n) is 4.74. The van der Waals surface area contributed by atoms with E-state index >= 15 is 0 Å². The van der Waals surface area contributed by atoms with Crippen molar-refractivity contribution >= 4 is 28.7 Å². The molecule has 1 aliphatic heterocycles. The maximum atomic E-state index is 6.23. The van der Waals surface area contributed by atoms with E-state index in [9.17, 15) is 0 Å². The zero-order chi connectivity index (χ0) is 18.8. The fraction of sp³-hybridized carbons (Fsp3) is 0.182. The molecule has 4 rings (SSSR count). The van der Waals surface area contributed by atoms with Gasteiger partial charge in [-0.05, 0) is 48.0 Å². The molecule has 3 aromatic rings. The van der Waals surface area contributed by atoms with Crippen molar-refractivity contribution in [1.29, 1.82) is 0 Å². The summed E-state index contributed by atoms with van der Waals surface area (Å²) in [6, 6.07) is 22.5. The summed E-state index contributed by atoms with van der Waals surface area (Å²) in [5, 5.41) is 7.66. The molecule has 1 atom stereocenters. The zero-order valence-electron chi connectivity index (χ0n) is 15.4. The van der Waals surface area contributed by atoms with Crippen LogP contribution in [0.1, 0.15) is 23.7 Å². The van der Waals surface area contributed by atoms with Gasteiger partial charge in [0.15, 0.2) is 0 Å². The first kappa shape index (κ1) is 17.6. The smallest absolute Gasteiger partial charge is 0.0890 e. The number of hydrazone groups is 1. The average Bonchev–Trinajstić information content (AvgIpc) is 3.14. The van der Waals surface area contributed by atoms with E-state index < -0.39 is 0 Å². The van der Waals surface area contributed by atoms with Gasteiger partial charge in [0.05, 0.1) is 23.1 Å². The summed E-state index contributed by atoms with van der Waals surface area (Å²) in [7, 11) is 4.09. The number of hydrogen-bond acceptors (Lipinski definition) is 4. The first-order valence-corrected chi connectivity index (χ1v) is 9.30. The van der Waals surface area contributed by atoms with E-state index in [0.29, 0.717) is 5.02 Å². The molecule has 0 N–H and O–H groups in total. The topological polar surface area (TPSA) is 31.7 Å². The van der Waals surface area contributed by atoms with Crippen LogP contribution in [0.4, 0.5) is 11.4 Å². The highest BCUT2D eigenvalue weighted by Gasteiger charge is 2.30. The highest BCUT2D eigenvalue weighted by molar-refractivity contribution is 6.30. The van der Waals surface area contributed by atoms with Crippen LogP contribution in [0.15, 0.2) is 78.0 Å². The van der Waals surface area contributed by atoms with Crippen LogP contribution >= 0.6 is 11.6 Å². The normalized spacial score (nSPS) is 16.3. The lowest BCUT2D eigenvalue weighted by atomic mass is 9.99. The summed E-state index contributed by atoms with van der Waals surface area (Å²) in [5.74, 6) is 0. The lowest BCUT2D eigenvalue weighted by Gasteiger charge is -2.24. The lowest BCUT2D eigenvalue weighted by molar-refractivity contribution is 0.709. The zero-order valence-corrected chi connectivity index (χ0v) is 16.1. The van der Waals surface area contributed by atoms with Gasteiger partial charge in [0.1, 0.15) is 0 Å². The van der Waals surface area contributed by atoms with E-state index in [1.165, 1.54) is 11.3 Å². The van der Waals surface area contributed by atoms with Gasteiger partial charge in [0, 0.05) is 37.4 Å². The van der Waals surface area contributed by atoms with Crippen LogP contribution in [0.25, 0.3) is 0 Å². The molecule has 1 unspecified atom stereocenters. The molecule has 0 saturated heterocycles. The van der Waals surface area contributed by atoms with E-state index in [0.717, 1.165) is 23.5 Å². The molecule has 2 heterocycles. The van der Waals surface area contributed by atoms with Gasteiger partial charge in [-0.2, -0.15) is 5.10 Å². The van der Waals surface area contributed by atoms with Gasteiger partial charge in [-0.3, -0.25) is 9.99 Å². The van der Waals surface area contributed by atoms with E-state index in [4.69, 9.17) is 16.7 Å². The van der Waals surface area contributed by atoms with Gasteiger partial charge in [0.25, 0.3) is 0 Å². The third-order valence-corrected chi connectivity index (χ3v) is 4.97. The Morgan fingerprint density at radius 3 is 2.48 bits per heavy atom. The van der Waals surface area contributed by atoms with Crippen LogP contribution in [-0.2, 0) is 0 Å². The number of anilines is 2. The van der Waals surface area contributed by atoms with Gasteiger partial charge < -0.3 is 4.90 Å². The van der Waals surface area contributed by atoms with Gasteiger partial charge >= 0.3 is 0 Å². The van der Waals surface area contributed by atoms with Crippen molar-refractivity contribution in [3.05, 3.63) is 89.2 Å². The van der Waals surface area contributed by atoms with E-state index in [-0.39, 0.29) is 6.04 Å². The number of pyridine rings is 1. The number of aromatic nitrogens is 1. The van der Waals surface area contributed by atoms with Crippen molar-refractivity contribution in [2.45, 2.75) is 12.5 Å². The van der Waals surface area contributed by atoms with Crippen LogP contribution in [0.2, 0.25) is 5.02 Å². The Morgan fingerprint density at radius 1 is 1.00 bits per heavy atom. The van der Waals surface area contributed by atoms with E-state index in [2.05, 4.69) is 39.2 Å². The minimum Gasteiger partial charge on any atom is -0.378 e. The Labute approximate surface area is 164 Å². The first-order valence-electron chi connectivity index (χ1n) is 8.93. The van der Waals surface area contributed by atoms with E-state index in [1.807, 2.05) is 56.6 Å². The molecule has 0 fully saturated rings. The van der Waals surface area contributed by atoms with Gasteiger partial charge in [-0.25, -0.2) is 0 Å². The summed E-state index contributed by atoms with van der Waals surface area (Å²) in [6.45, 7) is 0. The number of halogens is 1. The Kier molecular flexibility index (Phi) is 4.82. The molecule has 1 aliphatic rings. The lowest BCUT2D eigenvalue weighted by Crippen LogP contribution is -2.18. The largest absolute Gasteiger partial charge is 0.378 e. The van der Waals surface area contributed by atoms with Crippen molar-refractivity contribution in [3.8, 4) is 0 Å². The Bertz CT molecular complexity index is 952. The molecule has 0 saturated carbocycles. The molecule has 0 bridgehead atoms. The molecule has 2 aromatic carbocycles.